The van der Waals surface area contributed by atoms with Crippen molar-refractivity contribution in [1.82, 2.24) is 4.98 Å². The van der Waals surface area contributed by atoms with E-state index in [2.05, 4.69) is 4.98 Å². The highest BCUT2D eigenvalue weighted by Gasteiger charge is 2.21. The minimum absolute atomic E-state index is 0.497. The van der Waals surface area contributed by atoms with Crippen LogP contribution in [0, 0.1) is 5.92 Å². The van der Waals surface area contributed by atoms with Crippen LogP contribution in [-0.2, 0) is 4.74 Å². The molecule has 0 saturated heterocycles. The smallest absolute Gasteiger partial charge is 0.134 e. The molecule has 1 heterocycles. The fourth-order valence-electron chi connectivity index (χ4n) is 1.90. The molecule has 1 atom stereocenters. The molecule has 1 aliphatic carbocycles. The monoisotopic (exact) mass is 250 g/mol. The van der Waals surface area contributed by atoms with Gasteiger partial charge in [-0.15, -0.1) is 0 Å². The Bertz CT molecular complexity index is 378. The lowest BCUT2D eigenvalue weighted by Gasteiger charge is -2.22. The van der Waals surface area contributed by atoms with Gasteiger partial charge in [-0.1, -0.05) is 6.07 Å². The molecule has 0 radical (unpaired) electrons. The first-order chi connectivity index (χ1) is 8.68. The van der Waals surface area contributed by atoms with Crippen LogP contribution in [0.2, 0.25) is 0 Å². The molecule has 100 valence electrons. The third kappa shape index (κ3) is 3.68. The summed E-state index contributed by atoms with van der Waals surface area (Å²) in [6, 6.07) is 3.76. The molecule has 18 heavy (non-hydrogen) atoms. The van der Waals surface area contributed by atoms with Crippen LogP contribution >= 0.6 is 0 Å². The lowest BCUT2D eigenvalue weighted by Crippen LogP contribution is -2.25. The minimum Gasteiger partial charge on any atom is -0.389 e. The van der Waals surface area contributed by atoms with Crippen LogP contribution in [-0.4, -0.2) is 36.9 Å². The van der Waals surface area contributed by atoms with Crippen LogP contribution in [0.25, 0.3) is 0 Å². The van der Waals surface area contributed by atoms with E-state index in [0.29, 0.717) is 6.61 Å². The van der Waals surface area contributed by atoms with Crippen molar-refractivity contribution in [3.63, 3.8) is 0 Å². The van der Waals surface area contributed by atoms with Crippen molar-refractivity contribution in [2.24, 2.45) is 5.92 Å². The van der Waals surface area contributed by atoms with Crippen LogP contribution in [0.5, 0.6) is 0 Å². The van der Waals surface area contributed by atoms with E-state index >= 15 is 0 Å². The Morgan fingerprint density at radius 3 is 3.00 bits per heavy atom. The van der Waals surface area contributed by atoms with E-state index in [-0.39, 0.29) is 0 Å². The second kappa shape index (κ2) is 6.16. The molecule has 1 saturated carbocycles. The molecule has 1 aromatic heterocycles. The maximum absolute atomic E-state index is 9.71. The number of aliphatic hydroxyl groups is 1. The van der Waals surface area contributed by atoms with E-state index in [1.165, 1.54) is 12.8 Å². The standard InChI is InChI=1S/C14H22N2O2/c1-11(17)13-4-3-7-15-14(13)16(2)8-9-18-10-12-5-6-12/h3-4,7,11-12,17H,5-6,8-10H2,1-2H3. The summed E-state index contributed by atoms with van der Waals surface area (Å²) in [5.41, 5.74) is 0.863. The first-order valence-electron chi connectivity index (χ1n) is 6.60. The quantitative estimate of drug-likeness (QED) is 0.752. The van der Waals surface area contributed by atoms with Gasteiger partial charge in [-0.25, -0.2) is 4.98 Å². The largest absolute Gasteiger partial charge is 0.389 e. The fourth-order valence-corrected chi connectivity index (χ4v) is 1.90. The summed E-state index contributed by atoms with van der Waals surface area (Å²) in [7, 11) is 1.98. The molecule has 0 aromatic carbocycles. The molecule has 4 nitrogen and oxygen atoms in total. The molecule has 0 spiro atoms. The van der Waals surface area contributed by atoms with Crippen molar-refractivity contribution in [3.05, 3.63) is 23.9 Å². The number of anilines is 1. The second-order valence-electron chi connectivity index (χ2n) is 5.03. The zero-order chi connectivity index (χ0) is 13.0. The Balaban J connectivity index is 1.84. The van der Waals surface area contributed by atoms with Gasteiger partial charge in [-0.3, -0.25) is 0 Å². The number of ether oxygens (including phenoxy) is 1. The minimum atomic E-state index is -0.497. The summed E-state index contributed by atoms with van der Waals surface area (Å²) in [6.07, 6.45) is 3.90. The summed E-state index contributed by atoms with van der Waals surface area (Å²) < 4.78 is 5.62. The molecule has 0 bridgehead atoms. The van der Waals surface area contributed by atoms with Gasteiger partial charge in [0.25, 0.3) is 0 Å². The van der Waals surface area contributed by atoms with Gasteiger partial charge in [0.15, 0.2) is 0 Å². The van der Waals surface area contributed by atoms with E-state index in [1.807, 2.05) is 24.1 Å². The number of aliphatic hydroxyl groups excluding tert-OH is 1. The van der Waals surface area contributed by atoms with Crippen molar-refractivity contribution in [1.29, 1.82) is 0 Å². The average Bonchev–Trinajstić information content (AvgIpc) is 3.18. The Labute approximate surface area is 109 Å². The number of nitrogens with zero attached hydrogens (tertiary/aromatic N) is 2. The highest BCUT2D eigenvalue weighted by molar-refractivity contribution is 5.46. The first-order valence-corrected chi connectivity index (χ1v) is 6.60. The molecule has 1 N–H and O–H groups in total. The first kappa shape index (κ1) is 13.3. The van der Waals surface area contributed by atoms with E-state index in [1.54, 1.807) is 13.1 Å². The lowest BCUT2D eigenvalue weighted by atomic mass is 10.1. The fraction of sp³-hybridized carbons (Fsp3) is 0.643. The van der Waals surface area contributed by atoms with Gasteiger partial charge in [0.05, 0.1) is 12.7 Å². The van der Waals surface area contributed by atoms with Crippen molar-refractivity contribution in [3.8, 4) is 0 Å². The van der Waals surface area contributed by atoms with Crippen molar-refractivity contribution < 1.29 is 9.84 Å². The van der Waals surface area contributed by atoms with Gasteiger partial charge in [0, 0.05) is 32.0 Å². The molecule has 1 aliphatic rings. The molecule has 1 unspecified atom stereocenters. The highest BCUT2D eigenvalue weighted by atomic mass is 16.5. The lowest BCUT2D eigenvalue weighted by molar-refractivity contribution is 0.130. The molecule has 1 fully saturated rings. The van der Waals surface area contributed by atoms with E-state index in [0.717, 1.165) is 30.5 Å². The van der Waals surface area contributed by atoms with Crippen molar-refractivity contribution >= 4 is 5.82 Å². The number of rotatable bonds is 7. The topological polar surface area (TPSA) is 45.6 Å². The third-order valence-corrected chi connectivity index (χ3v) is 3.25. The predicted octanol–water partition coefficient (Wildman–Crippen LogP) is 2.00. The SMILES string of the molecule is CC(O)c1cccnc1N(C)CCOCC1CC1. The predicted molar refractivity (Wildman–Crippen MR) is 71.7 cm³/mol. The van der Waals surface area contributed by atoms with Gasteiger partial charge in [0.2, 0.25) is 0 Å². The molecular formula is C14H22N2O2. The van der Waals surface area contributed by atoms with E-state index in [9.17, 15) is 5.11 Å². The van der Waals surface area contributed by atoms with Crippen LogP contribution in [0.15, 0.2) is 18.3 Å². The molecule has 4 heteroatoms. The van der Waals surface area contributed by atoms with Gasteiger partial charge in [-0.2, -0.15) is 0 Å². The van der Waals surface area contributed by atoms with Gasteiger partial charge in [0.1, 0.15) is 5.82 Å². The molecule has 0 amide bonds. The zero-order valence-corrected chi connectivity index (χ0v) is 11.2. The number of hydrogen-bond donors (Lipinski definition) is 1. The Hall–Kier alpha value is -1.13. The van der Waals surface area contributed by atoms with Gasteiger partial charge < -0.3 is 14.7 Å². The Morgan fingerprint density at radius 1 is 1.56 bits per heavy atom. The highest BCUT2D eigenvalue weighted by Crippen LogP contribution is 2.28. The number of likely N-dealkylation sites (N-methyl/N-ethyl adjacent to an activating group) is 1. The molecule has 1 aromatic rings. The maximum atomic E-state index is 9.71. The van der Waals surface area contributed by atoms with Gasteiger partial charge in [-0.05, 0) is 31.7 Å². The summed E-state index contributed by atoms with van der Waals surface area (Å²) >= 11 is 0. The number of aromatic nitrogens is 1. The zero-order valence-electron chi connectivity index (χ0n) is 11.2. The Kier molecular flexibility index (Phi) is 4.55. The molecule has 2 rings (SSSR count). The Morgan fingerprint density at radius 2 is 2.33 bits per heavy atom. The van der Waals surface area contributed by atoms with E-state index < -0.39 is 6.10 Å². The van der Waals surface area contributed by atoms with Gasteiger partial charge >= 0.3 is 0 Å². The normalized spacial score (nSPS) is 16.6. The maximum Gasteiger partial charge on any atom is 0.134 e. The molecule has 0 aliphatic heterocycles. The van der Waals surface area contributed by atoms with Crippen LogP contribution in [0.1, 0.15) is 31.4 Å². The summed E-state index contributed by atoms with van der Waals surface area (Å²) in [5, 5.41) is 9.71. The van der Waals surface area contributed by atoms with Crippen molar-refractivity contribution in [2.75, 3.05) is 31.7 Å². The van der Waals surface area contributed by atoms with Crippen LogP contribution in [0.4, 0.5) is 5.82 Å². The average molecular weight is 250 g/mol. The number of hydrogen-bond acceptors (Lipinski definition) is 4. The summed E-state index contributed by atoms with van der Waals surface area (Å²) in [4.78, 5) is 6.37. The molecular weight excluding hydrogens is 228 g/mol. The summed E-state index contributed by atoms with van der Waals surface area (Å²) in [6.45, 7) is 4.16. The summed E-state index contributed by atoms with van der Waals surface area (Å²) in [5.74, 6) is 1.64. The third-order valence-electron chi connectivity index (χ3n) is 3.25. The number of pyridine rings is 1. The van der Waals surface area contributed by atoms with E-state index in [4.69, 9.17) is 4.74 Å². The van der Waals surface area contributed by atoms with Crippen LogP contribution < -0.4 is 4.90 Å². The van der Waals surface area contributed by atoms with Crippen molar-refractivity contribution in [2.45, 2.75) is 25.9 Å². The second-order valence-corrected chi connectivity index (χ2v) is 5.03. The van der Waals surface area contributed by atoms with Crippen LogP contribution in [0.3, 0.4) is 0 Å².